The molecular weight excluding hydrogens is 341 g/mol. The third kappa shape index (κ3) is 4.64. The van der Waals surface area contributed by atoms with Crippen molar-refractivity contribution in [3.63, 3.8) is 0 Å². The van der Waals surface area contributed by atoms with Crippen molar-refractivity contribution in [2.45, 2.75) is 37.6 Å². The Labute approximate surface area is 150 Å². The normalized spacial score (nSPS) is 15.7. The molecule has 0 bridgehead atoms. The molecule has 138 valence electrons. The van der Waals surface area contributed by atoms with E-state index in [0.29, 0.717) is 6.54 Å². The zero-order valence-electron chi connectivity index (χ0n) is 14.5. The summed E-state index contributed by atoms with van der Waals surface area (Å²) in [6, 6.07) is 14.2. The molecule has 0 aliphatic heterocycles. The number of rotatable bonds is 6. The first-order valence-electron chi connectivity index (χ1n) is 8.56. The number of likely N-dealkylation sites (N-methyl/N-ethyl adjacent to an activating group) is 1. The van der Waals surface area contributed by atoms with Gasteiger partial charge in [0, 0.05) is 12.6 Å². The van der Waals surface area contributed by atoms with Gasteiger partial charge >= 0.3 is 6.18 Å². The van der Waals surface area contributed by atoms with Gasteiger partial charge in [0.1, 0.15) is 6.04 Å². The number of alkyl halides is 3. The van der Waals surface area contributed by atoms with E-state index in [2.05, 4.69) is 5.32 Å². The van der Waals surface area contributed by atoms with Gasteiger partial charge in [0.05, 0.1) is 5.56 Å². The van der Waals surface area contributed by atoms with Crippen LogP contribution in [0.3, 0.4) is 0 Å². The van der Waals surface area contributed by atoms with Crippen molar-refractivity contribution in [1.82, 2.24) is 10.2 Å². The topological polar surface area (TPSA) is 32.3 Å². The van der Waals surface area contributed by atoms with Crippen LogP contribution in [0.25, 0.3) is 0 Å². The number of benzene rings is 2. The molecule has 3 rings (SSSR count). The quantitative estimate of drug-likeness (QED) is 0.837. The van der Waals surface area contributed by atoms with Gasteiger partial charge in [0.25, 0.3) is 0 Å². The highest BCUT2D eigenvalue weighted by Crippen LogP contribution is 2.30. The molecular formula is C20H21F3N2O. The summed E-state index contributed by atoms with van der Waals surface area (Å²) in [6.45, 7) is 0.371. The van der Waals surface area contributed by atoms with Gasteiger partial charge in [-0.15, -0.1) is 0 Å². The number of nitrogens with one attached hydrogen (secondary N) is 1. The number of carbonyl (C=O) groups excluding carboxylic acids is 1. The van der Waals surface area contributed by atoms with E-state index in [-0.39, 0.29) is 11.9 Å². The van der Waals surface area contributed by atoms with Crippen LogP contribution in [0, 0.1) is 0 Å². The fourth-order valence-electron chi connectivity index (χ4n) is 2.93. The molecule has 1 N–H and O–H groups in total. The Hall–Kier alpha value is -2.34. The Balaban J connectivity index is 1.76. The first-order chi connectivity index (χ1) is 12.3. The third-order valence-corrected chi connectivity index (χ3v) is 4.44. The minimum atomic E-state index is -4.35. The van der Waals surface area contributed by atoms with E-state index < -0.39 is 17.8 Å². The van der Waals surface area contributed by atoms with Crippen LogP contribution in [-0.2, 0) is 17.5 Å². The highest BCUT2D eigenvalue weighted by Gasteiger charge is 2.32. The Morgan fingerprint density at radius 3 is 2.27 bits per heavy atom. The molecule has 1 aliphatic carbocycles. The summed E-state index contributed by atoms with van der Waals surface area (Å²) in [5.74, 6) is -0.0758. The standard InChI is InChI=1S/C20H21F3N2O/c1-25(13-14-7-9-16(10-8-14)20(21,22)23)18(15-5-3-2-4-6-15)19(26)24-17-11-12-17/h2-10,17-18H,11-13H2,1H3,(H,24,26)/t18-/m1/s1. The van der Waals surface area contributed by atoms with Gasteiger partial charge in [-0.2, -0.15) is 13.2 Å². The number of hydrogen-bond acceptors (Lipinski definition) is 2. The molecule has 1 fully saturated rings. The van der Waals surface area contributed by atoms with E-state index in [1.165, 1.54) is 12.1 Å². The molecule has 0 aromatic heterocycles. The van der Waals surface area contributed by atoms with Crippen LogP contribution < -0.4 is 5.32 Å². The average Bonchev–Trinajstić information content (AvgIpc) is 3.39. The van der Waals surface area contributed by atoms with Crippen LogP contribution in [-0.4, -0.2) is 23.9 Å². The van der Waals surface area contributed by atoms with Crippen molar-refractivity contribution < 1.29 is 18.0 Å². The van der Waals surface area contributed by atoms with Crippen LogP contribution in [0.15, 0.2) is 54.6 Å². The predicted octanol–water partition coefficient (Wildman–Crippen LogP) is 4.16. The van der Waals surface area contributed by atoms with E-state index in [1.54, 1.807) is 0 Å². The second-order valence-electron chi connectivity index (χ2n) is 6.71. The second kappa shape index (κ2) is 7.50. The van der Waals surface area contributed by atoms with Crippen LogP contribution in [0.1, 0.15) is 35.6 Å². The van der Waals surface area contributed by atoms with Gasteiger partial charge in [-0.25, -0.2) is 0 Å². The highest BCUT2D eigenvalue weighted by atomic mass is 19.4. The Morgan fingerprint density at radius 1 is 1.12 bits per heavy atom. The smallest absolute Gasteiger partial charge is 0.352 e. The van der Waals surface area contributed by atoms with Crippen LogP contribution in [0.5, 0.6) is 0 Å². The van der Waals surface area contributed by atoms with E-state index >= 15 is 0 Å². The van der Waals surface area contributed by atoms with Gasteiger partial charge < -0.3 is 5.32 Å². The molecule has 6 heteroatoms. The zero-order valence-corrected chi connectivity index (χ0v) is 14.5. The van der Waals surface area contributed by atoms with E-state index in [0.717, 1.165) is 36.1 Å². The zero-order chi connectivity index (χ0) is 18.7. The molecule has 1 amide bonds. The minimum Gasteiger partial charge on any atom is -0.352 e. The molecule has 2 aromatic carbocycles. The summed E-state index contributed by atoms with van der Waals surface area (Å²) in [6.07, 6.45) is -2.35. The number of nitrogens with zero attached hydrogens (tertiary/aromatic N) is 1. The van der Waals surface area contributed by atoms with E-state index in [9.17, 15) is 18.0 Å². The lowest BCUT2D eigenvalue weighted by atomic mass is 10.0. The van der Waals surface area contributed by atoms with Crippen LogP contribution >= 0.6 is 0 Å². The van der Waals surface area contributed by atoms with Crippen molar-refractivity contribution in [2.75, 3.05) is 7.05 Å². The summed E-state index contributed by atoms with van der Waals surface area (Å²) in [4.78, 5) is 14.6. The molecule has 0 radical (unpaired) electrons. The molecule has 3 nitrogen and oxygen atoms in total. The molecule has 0 unspecified atom stereocenters. The summed E-state index contributed by atoms with van der Waals surface area (Å²) < 4.78 is 38.1. The van der Waals surface area contributed by atoms with Crippen molar-refractivity contribution in [3.8, 4) is 0 Å². The molecule has 0 saturated heterocycles. The Kier molecular flexibility index (Phi) is 5.32. The summed E-state index contributed by atoms with van der Waals surface area (Å²) in [5.41, 5.74) is 0.913. The Morgan fingerprint density at radius 2 is 1.73 bits per heavy atom. The van der Waals surface area contributed by atoms with Gasteiger partial charge in [-0.3, -0.25) is 9.69 Å². The molecule has 0 spiro atoms. The first-order valence-corrected chi connectivity index (χ1v) is 8.56. The van der Waals surface area contributed by atoms with Crippen molar-refractivity contribution >= 4 is 5.91 Å². The fraction of sp³-hybridized carbons (Fsp3) is 0.350. The van der Waals surface area contributed by atoms with Gasteiger partial charge in [-0.05, 0) is 43.1 Å². The van der Waals surface area contributed by atoms with Crippen molar-refractivity contribution in [3.05, 3.63) is 71.3 Å². The summed E-state index contributed by atoms with van der Waals surface area (Å²) in [5, 5.41) is 3.02. The molecule has 1 aliphatic rings. The average molecular weight is 362 g/mol. The van der Waals surface area contributed by atoms with Crippen molar-refractivity contribution in [2.24, 2.45) is 0 Å². The van der Waals surface area contributed by atoms with Gasteiger partial charge in [0.2, 0.25) is 5.91 Å². The highest BCUT2D eigenvalue weighted by molar-refractivity contribution is 5.83. The largest absolute Gasteiger partial charge is 0.416 e. The lowest BCUT2D eigenvalue weighted by Crippen LogP contribution is -2.39. The van der Waals surface area contributed by atoms with E-state index in [4.69, 9.17) is 0 Å². The SMILES string of the molecule is CN(Cc1ccc(C(F)(F)F)cc1)[C@@H](C(=O)NC1CC1)c1ccccc1. The van der Waals surface area contributed by atoms with Gasteiger partial charge in [-0.1, -0.05) is 42.5 Å². The molecule has 1 atom stereocenters. The van der Waals surface area contributed by atoms with Crippen molar-refractivity contribution in [1.29, 1.82) is 0 Å². The predicted molar refractivity (Wildman–Crippen MR) is 93.3 cm³/mol. The van der Waals surface area contributed by atoms with Crippen LogP contribution in [0.2, 0.25) is 0 Å². The fourth-order valence-corrected chi connectivity index (χ4v) is 2.93. The maximum absolute atomic E-state index is 12.7. The minimum absolute atomic E-state index is 0.0758. The number of hydrogen-bond donors (Lipinski definition) is 1. The maximum Gasteiger partial charge on any atom is 0.416 e. The second-order valence-corrected chi connectivity index (χ2v) is 6.71. The monoisotopic (exact) mass is 362 g/mol. The Bertz CT molecular complexity index is 740. The molecule has 1 saturated carbocycles. The van der Waals surface area contributed by atoms with Crippen LogP contribution in [0.4, 0.5) is 13.2 Å². The molecule has 26 heavy (non-hydrogen) atoms. The number of carbonyl (C=O) groups is 1. The molecule has 0 heterocycles. The van der Waals surface area contributed by atoms with Gasteiger partial charge in [0.15, 0.2) is 0 Å². The lowest BCUT2D eigenvalue weighted by molar-refractivity contribution is -0.137. The summed E-state index contributed by atoms with van der Waals surface area (Å²) >= 11 is 0. The number of amides is 1. The first kappa shape index (κ1) is 18.5. The third-order valence-electron chi connectivity index (χ3n) is 4.44. The van der Waals surface area contributed by atoms with E-state index in [1.807, 2.05) is 42.3 Å². The summed E-state index contributed by atoms with van der Waals surface area (Å²) in [7, 11) is 1.81. The molecule has 2 aromatic rings. The number of halogens is 3. The maximum atomic E-state index is 12.7. The lowest BCUT2D eigenvalue weighted by Gasteiger charge is -2.28.